The molecule has 1 fully saturated rings. The number of nitrogens with one attached hydrogen (secondary N) is 1. The van der Waals surface area contributed by atoms with E-state index in [4.69, 9.17) is 4.74 Å². The van der Waals surface area contributed by atoms with Gasteiger partial charge in [-0.3, -0.25) is 4.90 Å². The third kappa shape index (κ3) is 7.25. The summed E-state index contributed by atoms with van der Waals surface area (Å²) in [7, 11) is 0. The van der Waals surface area contributed by atoms with Crippen LogP contribution < -0.4 is 5.32 Å². The molecule has 0 spiro atoms. The molecule has 4 nitrogen and oxygen atoms in total. The van der Waals surface area contributed by atoms with Crippen LogP contribution in [0.3, 0.4) is 0 Å². The molecule has 112 valence electrons. The fourth-order valence-electron chi connectivity index (χ4n) is 1.96. The molecule has 0 aromatic rings. The first-order valence-electron chi connectivity index (χ1n) is 6.34. The Labute approximate surface area is 111 Å². The van der Waals surface area contributed by atoms with Crippen LogP contribution in [0, 0.1) is 0 Å². The summed E-state index contributed by atoms with van der Waals surface area (Å²) >= 11 is 0. The van der Waals surface area contributed by atoms with Crippen molar-refractivity contribution in [3.63, 3.8) is 0 Å². The van der Waals surface area contributed by atoms with Gasteiger partial charge in [-0.15, -0.1) is 0 Å². The van der Waals surface area contributed by atoms with Crippen LogP contribution in [-0.4, -0.2) is 48.4 Å². The Bertz CT molecular complexity index is 305. The van der Waals surface area contributed by atoms with Crippen LogP contribution in [0.4, 0.5) is 18.0 Å². The number of carbonyl (C=O) groups is 1. The van der Waals surface area contributed by atoms with E-state index < -0.39 is 24.4 Å². The first-order chi connectivity index (χ1) is 8.55. The molecule has 1 aliphatic heterocycles. The average Bonchev–Trinajstić information content (AvgIpc) is 2.15. The Morgan fingerprint density at radius 2 is 1.79 bits per heavy atom. The molecule has 19 heavy (non-hydrogen) atoms. The Morgan fingerprint density at radius 1 is 1.26 bits per heavy atom. The van der Waals surface area contributed by atoms with E-state index in [-0.39, 0.29) is 6.04 Å². The van der Waals surface area contributed by atoms with E-state index >= 15 is 0 Å². The molecule has 1 heterocycles. The summed E-state index contributed by atoms with van der Waals surface area (Å²) in [5.74, 6) is 0. The number of likely N-dealkylation sites (tertiary alicyclic amines) is 1. The van der Waals surface area contributed by atoms with E-state index in [0.717, 1.165) is 0 Å². The highest BCUT2D eigenvalue weighted by Gasteiger charge is 2.33. The third-order valence-electron chi connectivity index (χ3n) is 2.71. The van der Waals surface area contributed by atoms with Gasteiger partial charge in [0.25, 0.3) is 0 Å². The van der Waals surface area contributed by atoms with Gasteiger partial charge in [0, 0.05) is 19.1 Å². The van der Waals surface area contributed by atoms with Gasteiger partial charge >= 0.3 is 12.3 Å². The molecule has 1 aliphatic rings. The van der Waals surface area contributed by atoms with Crippen LogP contribution in [0.15, 0.2) is 0 Å². The standard InChI is InChI=1S/C12H21F3N2O2/c1-11(2,3)19-10(18)16-9-4-6-17(7-5-9)8-12(13,14)15/h9H,4-8H2,1-3H3,(H,16,18). The van der Waals surface area contributed by atoms with Crippen molar-refractivity contribution in [3.8, 4) is 0 Å². The smallest absolute Gasteiger partial charge is 0.407 e. The van der Waals surface area contributed by atoms with Crippen LogP contribution in [0.5, 0.6) is 0 Å². The maximum atomic E-state index is 12.2. The van der Waals surface area contributed by atoms with Crippen LogP contribution >= 0.6 is 0 Å². The van der Waals surface area contributed by atoms with Gasteiger partial charge in [-0.05, 0) is 33.6 Å². The van der Waals surface area contributed by atoms with Crippen molar-refractivity contribution in [1.82, 2.24) is 10.2 Å². The normalized spacial score (nSPS) is 19.3. The zero-order valence-electron chi connectivity index (χ0n) is 11.5. The van der Waals surface area contributed by atoms with Gasteiger partial charge in [0.1, 0.15) is 5.60 Å². The first-order valence-corrected chi connectivity index (χ1v) is 6.34. The molecular formula is C12H21F3N2O2. The van der Waals surface area contributed by atoms with E-state index in [1.807, 2.05) is 0 Å². The van der Waals surface area contributed by atoms with Crippen LogP contribution in [-0.2, 0) is 4.74 Å². The molecule has 0 atom stereocenters. The second-order valence-corrected chi connectivity index (χ2v) is 5.81. The number of hydrogen-bond acceptors (Lipinski definition) is 3. The zero-order chi connectivity index (χ0) is 14.7. The number of alkyl halides is 3. The van der Waals surface area contributed by atoms with E-state index in [1.54, 1.807) is 20.8 Å². The van der Waals surface area contributed by atoms with Crippen molar-refractivity contribution in [3.05, 3.63) is 0 Å². The van der Waals surface area contributed by atoms with Crippen LogP contribution in [0.1, 0.15) is 33.6 Å². The van der Waals surface area contributed by atoms with Crippen LogP contribution in [0.2, 0.25) is 0 Å². The predicted molar refractivity (Wildman–Crippen MR) is 64.9 cm³/mol. The monoisotopic (exact) mass is 282 g/mol. The number of carbonyl (C=O) groups excluding carboxylic acids is 1. The lowest BCUT2D eigenvalue weighted by Crippen LogP contribution is -2.48. The molecule has 0 aromatic heterocycles. The first kappa shape index (κ1) is 16.1. The number of nitrogens with zero attached hydrogens (tertiary/aromatic N) is 1. The Morgan fingerprint density at radius 3 is 2.21 bits per heavy atom. The molecule has 0 aliphatic carbocycles. The maximum Gasteiger partial charge on any atom is 0.407 e. The Balaban J connectivity index is 2.29. The highest BCUT2D eigenvalue weighted by atomic mass is 19.4. The lowest BCUT2D eigenvalue weighted by Gasteiger charge is -2.33. The van der Waals surface area contributed by atoms with Crippen molar-refractivity contribution in [2.24, 2.45) is 0 Å². The van der Waals surface area contributed by atoms with Gasteiger partial charge in [-0.2, -0.15) is 13.2 Å². The Hall–Kier alpha value is -0.980. The van der Waals surface area contributed by atoms with Gasteiger partial charge in [-0.25, -0.2) is 4.79 Å². The largest absolute Gasteiger partial charge is 0.444 e. The predicted octanol–water partition coefficient (Wildman–Crippen LogP) is 2.54. The summed E-state index contributed by atoms with van der Waals surface area (Å²) in [4.78, 5) is 12.9. The molecule has 1 rings (SSSR count). The number of hydrogen-bond donors (Lipinski definition) is 1. The van der Waals surface area contributed by atoms with Gasteiger partial charge in [0.05, 0.1) is 6.54 Å². The van der Waals surface area contributed by atoms with Gasteiger partial charge in [0.15, 0.2) is 0 Å². The maximum absolute atomic E-state index is 12.2. The number of piperidine rings is 1. The minimum atomic E-state index is -4.16. The van der Waals surface area contributed by atoms with E-state index in [1.165, 1.54) is 4.90 Å². The number of halogens is 3. The molecule has 0 aromatic carbocycles. The topological polar surface area (TPSA) is 41.6 Å². The minimum absolute atomic E-state index is 0.112. The molecule has 0 bridgehead atoms. The molecule has 0 radical (unpaired) electrons. The van der Waals surface area contributed by atoms with Crippen molar-refractivity contribution in [2.45, 2.75) is 51.4 Å². The summed E-state index contributed by atoms with van der Waals surface area (Å²) in [6.07, 6.45) is -3.66. The second-order valence-electron chi connectivity index (χ2n) is 5.81. The second kappa shape index (κ2) is 5.98. The fraction of sp³-hybridized carbons (Fsp3) is 0.917. The summed E-state index contributed by atoms with van der Waals surface area (Å²) in [6.45, 7) is 5.07. The third-order valence-corrected chi connectivity index (χ3v) is 2.71. The van der Waals surface area contributed by atoms with E-state index in [2.05, 4.69) is 5.32 Å². The van der Waals surface area contributed by atoms with Crippen molar-refractivity contribution in [1.29, 1.82) is 0 Å². The van der Waals surface area contributed by atoms with Crippen LogP contribution in [0.25, 0.3) is 0 Å². The molecular weight excluding hydrogens is 261 g/mol. The molecule has 7 heteroatoms. The van der Waals surface area contributed by atoms with Gasteiger partial charge < -0.3 is 10.1 Å². The highest BCUT2D eigenvalue weighted by molar-refractivity contribution is 5.68. The average molecular weight is 282 g/mol. The number of amides is 1. The zero-order valence-corrected chi connectivity index (χ0v) is 11.5. The van der Waals surface area contributed by atoms with Crippen molar-refractivity contribution < 1.29 is 22.7 Å². The molecule has 1 amide bonds. The highest BCUT2D eigenvalue weighted by Crippen LogP contribution is 2.20. The number of ether oxygens (including phenoxy) is 1. The van der Waals surface area contributed by atoms with E-state index in [9.17, 15) is 18.0 Å². The summed E-state index contributed by atoms with van der Waals surface area (Å²) in [5.41, 5.74) is -0.568. The summed E-state index contributed by atoms with van der Waals surface area (Å²) in [5, 5.41) is 2.69. The molecule has 1 saturated heterocycles. The van der Waals surface area contributed by atoms with Crippen molar-refractivity contribution in [2.75, 3.05) is 19.6 Å². The van der Waals surface area contributed by atoms with Gasteiger partial charge in [0.2, 0.25) is 0 Å². The fourth-order valence-corrected chi connectivity index (χ4v) is 1.96. The van der Waals surface area contributed by atoms with Gasteiger partial charge in [-0.1, -0.05) is 0 Å². The summed E-state index contributed by atoms with van der Waals surface area (Å²) < 4.78 is 41.7. The SMILES string of the molecule is CC(C)(C)OC(=O)NC1CCN(CC(F)(F)F)CC1. The van der Waals surface area contributed by atoms with Crippen molar-refractivity contribution >= 4 is 6.09 Å². The lowest BCUT2D eigenvalue weighted by molar-refractivity contribution is -0.148. The summed E-state index contributed by atoms with van der Waals surface area (Å²) in [6, 6.07) is -0.112. The molecule has 0 saturated carbocycles. The minimum Gasteiger partial charge on any atom is -0.444 e. The number of rotatable bonds is 2. The molecule has 1 N–H and O–H groups in total. The quantitative estimate of drug-likeness (QED) is 0.846. The number of alkyl carbamates (subject to hydrolysis) is 1. The molecule has 0 unspecified atom stereocenters. The Kier molecular flexibility index (Phi) is 5.06. The lowest BCUT2D eigenvalue weighted by atomic mass is 10.1. The van der Waals surface area contributed by atoms with E-state index in [0.29, 0.717) is 25.9 Å².